The Kier molecular flexibility index (Phi) is 4.76. The van der Waals surface area contributed by atoms with Crippen molar-refractivity contribution in [2.45, 2.75) is 25.8 Å². The van der Waals surface area contributed by atoms with Crippen molar-refractivity contribution in [2.24, 2.45) is 0 Å². The van der Waals surface area contributed by atoms with Gasteiger partial charge in [0.1, 0.15) is 11.6 Å². The zero-order valence-electron chi connectivity index (χ0n) is 11.7. The van der Waals surface area contributed by atoms with Gasteiger partial charge in [-0.15, -0.1) is 0 Å². The van der Waals surface area contributed by atoms with Crippen LogP contribution in [0, 0.1) is 5.82 Å². The lowest BCUT2D eigenvalue weighted by atomic mass is 10.2. The van der Waals surface area contributed by atoms with E-state index in [0.29, 0.717) is 18.8 Å². The molecule has 0 radical (unpaired) electrons. The van der Waals surface area contributed by atoms with Gasteiger partial charge in [-0.3, -0.25) is 4.79 Å². The third-order valence-electron chi connectivity index (χ3n) is 3.21. The first-order valence-corrected chi connectivity index (χ1v) is 8.64. The van der Waals surface area contributed by atoms with Gasteiger partial charge >= 0.3 is 0 Å². The van der Waals surface area contributed by atoms with Crippen LogP contribution in [0.5, 0.6) is 0 Å². The van der Waals surface area contributed by atoms with Crippen LogP contribution in [0.2, 0.25) is 0 Å². The second-order valence-corrected chi connectivity index (χ2v) is 7.28. The second kappa shape index (κ2) is 6.38. The van der Waals surface area contributed by atoms with E-state index in [1.807, 2.05) is 6.92 Å². The van der Waals surface area contributed by atoms with Gasteiger partial charge in [0, 0.05) is 12.6 Å². The third kappa shape index (κ3) is 4.13. The molecule has 116 valence electrons. The summed E-state index contributed by atoms with van der Waals surface area (Å²) in [6.45, 7) is 2.57. The smallest absolute Gasteiger partial charge is 0.255 e. The average molecular weight is 315 g/mol. The van der Waals surface area contributed by atoms with E-state index in [1.165, 1.54) is 0 Å². The fourth-order valence-electron chi connectivity index (χ4n) is 2.17. The highest BCUT2D eigenvalue weighted by atomic mass is 32.2. The van der Waals surface area contributed by atoms with E-state index in [1.54, 1.807) is 0 Å². The van der Waals surface area contributed by atoms with E-state index in [0.717, 1.165) is 18.7 Å². The van der Waals surface area contributed by atoms with E-state index >= 15 is 0 Å². The minimum absolute atomic E-state index is 0.0697. The third-order valence-corrected chi connectivity index (χ3v) is 4.98. The van der Waals surface area contributed by atoms with Crippen LogP contribution in [0.3, 0.4) is 0 Å². The van der Waals surface area contributed by atoms with Crippen molar-refractivity contribution >= 4 is 21.6 Å². The van der Waals surface area contributed by atoms with Gasteiger partial charge in [-0.1, -0.05) is 6.92 Å². The fraction of sp³-hybridized carbons (Fsp3) is 0.538. The maximum Gasteiger partial charge on any atom is 0.255 e. The molecule has 6 nitrogen and oxygen atoms in total. The normalized spacial score (nSPS) is 20.2. The van der Waals surface area contributed by atoms with Gasteiger partial charge in [0.2, 0.25) is 0 Å². The van der Waals surface area contributed by atoms with E-state index in [2.05, 4.69) is 15.6 Å². The quantitative estimate of drug-likeness (QED) is 0.845. The highest BCUT2D eigenvalue weighted by molar-refractivity contribution is 7.91. The predicted octanol–water partition coefficient (Wildman–Crippen LogP) is 0.959. The molecule has 1 aliphatic rings. The molecule has 1 fully saturated rings. The molecule has 1 atom stereocenters. The Morgan fingerprint density at radius 2 is 2.29 bits per heavy atom. The monoisotopic (exact) mass is 315 g/mol. The molecule has 2 N–H and O–H groups in total. The van der Waals surface area contributed by atoms with Gasteiger partial charge < -0.3 is 10.6 Å². The first kappa shape index (κ1) is 15.7. The zero-order chi connectivity index (χ0) is 15.5. The van der Waals surface area contributed by atoms with Gasteiger partial charge in [0.25, 0.3) is 5.91 Å². The van der Waals surface area contributed by atoms with Crippen molar-refractivity contribution in [2.75, 3.05) is 23.4 Å². The minimum Gasteiger partial charge on any atom is -0.369 e. The number of nitrogens with zero attached hydrogens (tertiary/aromatic N) is 1. The Bertz CT molecular complexity index is 634. The minimum atomic E-state index is -3.08. The molecule has 0 spiro atoms. The molecule has 1 aliphatic heterocycles. The van der Waals surface area contributed by atoms with E-state index in [9.17, 15) is 17.6 Å². The molecule has 1 amide bonds. The predicted molar refractivity (Wildman–Crippen MR) is 77.5 cm³/mol. The molecule has 21 heavy (non-hydrogen) atoms. The summed E-state index contributed by atoms with van der Waals surface area (Å²) in [7, 11) is -3.08. The van der Waals surface area contributed by atoms with Crippen molar-refractivity contribution in [3.8, 4) is 0 Å². The molecule has 1 unspecified atom stereocenters. The number of pyridine rings is 1. The molecule has 2 heterocycles. The number of anilines is 1. The van der Waals surface area contributed by atoms with Crippen LogP contribution in [0.25, 0.3) is 0 Å². The van der Waals surface area contributed by atoms with Gasteiger partial charge in [0.05, 0.1) is 23.3 Å². The van der Waals surface area contributed by atoms with Crippen LogP contribution in [-0.4, -0.2) is 43.4 Å². The van der Waals surface area contributed by atoms with Crippen LogP contribution in [-0.2, 0) is 9.84 Å². The molecule has 1 aromatic rings. The summed E-state index contributed by atoms with van der Waals surface area (Å²) in [5, 5.41) is 5.59. The highest BCUT2D eigenvalue weighted by Crippen LogP contribution is 2.16. The molecular formula is C13H18FN3O3S. The SMILES string of the molecule is CCCNc1ncc(F)cc1C(=O)NC1CCS(=O)(=O)C1. The Balaban J connectivity index is 2.12. The molecule has 2 rings (SSSR count). The van der Waals surface area contributed by atoms with Crippen molar-refractivity contribution in [1.82, 2.24) is 10.3 Å². The zero-order valence-corrected chi connectivity index (χ0v) is 12.5. The molecular weight excluding hydrogens is 297 g/mol. The molecule has 0 saturated carbocycles. The summed E-state index contributed by atoms with van der Waals surface area (Å²) in [6, 6.07) is 0.675. The number of hydrogen-bond donors (Lipinski definition) is 2. The first-order chi connectivity index (χ1) is 9.91. The summed E-state index contributed by atoms with van der Waals surface area (Å²) < 4.78 is 36.1. The number of aromatic nitrogens is 1. The van der Waals surface area contributed by atoms with Crippen LogP contribution >= 0.6 is 0 Å². The first-order valence-electron chi connectivity index (χ1n) is 6.82. The Morgan fingerprint density at radius 3 is 2.90 bits per heavy atom. The number of carbonyl (C=O) groups excluding carboxylic acids is 1. The maximum absolute atomic E-state index is 13.3. The largest absolute Gasteiger partial charge is 0.369 e. The second-order valence-electron chi connectivity index (χ2n) is 5.05. The van der Waals surface area contributed by atoms with E-state index in [-0.39, 0.29) is 17.1 Å². The lowest BCUT2D eigenvalue weighted by Crippen LogP contribution is -2.36. The average Bonchev–Trinajstić information content (AvgIpc) is 2.76. The topological polar surface area (TPSA) is 88.2 Å². The van der Waals surface area contributed by atoms with Gasteiger partial charge in [-0.25, -0.2) is 17.8 Å². The van der Waals surface area contributed by atoms with Crippen molar-refractivity contribution in [3.05, 3.63) is 23.6 Å². The van der Waals surface area contributed by atoms with Gasteiger partial charge in [-0.2, -0.15) is 0 Å². The summed E-state index contributed by atoms with van der Waals surface area (Å²) >= 11 is 0. The number of halogens is 1. The summed E-state index contributed by atoms with van der Waals surface area (Å²) in [4.78, 5) is 16.1. The van der Waals surface area contributed by atoms with Crippen LogP contribution < -0.4 is 10.6 Å². The van der Waals surface area contributed by atoms with E-state index in [4.69, 9.17) is 0 Å². The molecule has 1 saturated heterocycles. The lowest BCUT2D eigenvalue weighted by Gasteiger charge is -2.14. The number of nitrogens with one attached hydrogen (secondary N) is 2. The Labute approximate surface area is 123 Å². The number of sulfone groups is 1. The van der Waals surface area contributed by atoms with Crippen LogP contribution in [0.1, 0.15) is 30.1 Å². The lowest BCUT2D eigenvalue weighted by molar-refractivity contribution is 0.0941. The summed E-state index contributed by atoms with van der Waals surface area (Å²) in [6.07, 6.45) is 2.25. The van der Waals surface area contributed by atoms with Crippen LogP contribution in [0.15, 0.2) is 12.3 Å². The van der Waals surface area contributed by atoms with Crippen molar-refractivity contribution in [1.29, 1.82) is 0 Å². The van der Waals surface area contributed by atoms with Gasteiger partial charge in [0.15, 0.2) is 9.84 Å². The molecule has 0 bridgehead atoms. The van der Waals surface area contributed by atoms with E-state index < -0.39 is 27.6 Å². The van der Waals surface area contributed by atoms with Crippen LogP contribution in [0.4, 0.5) is 10.2 Å². The molecule has 0 aliphatic carbocycles. The highest BCUT2D eigenvalue weighted by Gasteiger charge is 2.29. The van der Waals surface area contributed by atoms with Crippen molar-refractivity contribution in [3.63, 3.8) is 0 Å². The summed E-state index contributed by atoms with van der Waals surface area (Å²) in [5.41, 5.74) is 0.0905. The number of amides is 1. The fourth-order valence-corrected chi connectivity index (χ4v) is 3.84. The summed E-state index contributed by atoms with van der Waals surface area (Å²) in [5.74, 6) is -0.819. The number of hydrogen-bond acceptors (Lipinski definition) is 5. The standard InChI is InChI=1S/C13H18FN3O3S/c1-2-4-15-12-11(6-9(14)7-16-12)13(18)17-10-3-5-21(19,20)8-10/h6-7,10H,2-5,8H2,1H3,(H,15,16)(H,17,18). The van der Waals surface area contributed by atoms with Crippen molar-refractivity contribution < 1.29 is 17.6 Å². The number of rotatable bonds is 5. The Morgan fingerprint density at radius 1 is 1.52 bits per heavy atom. The van der Waals surface area contributed by atoms with Gasteiger partial charge in [-0.05, 0) is 18.9 Å². The molecule has 0 aromatic carbocycles. The molecule has 1 aromatic heterocycles. The number of carbonyl (C=O) groups is 1. The Hall–Kier alpha value is -1.70. The maximum atomic E-state index is 13.3. The molecule has 8 heteroatoms.